The van der Waals surface area contributed by atoms with Crippen molar-refractivity contribution in [2.24, 2.45) is 34.5 Å². The molecule has 0 saturated heterocycles. The van der Waals surface area contributed by atoms with E-state index < -0.39 is 0 Å². The minimum absolute atomic E-state index is 0.172. The Labute approximate surface area is 128 Å². The van der Waals surface area contributed by atoms with Gasteiger partial charge in [-0.2, -0.15) is 0 Å². The minimum Gasteiger partial charge on any atom is -0.299 e. The number of Topliss-reactive ketones (excluding diaryl/α,β-unsaturated/α-hetero) is 2. The van der Waals surface area contributed by atoms with E-state index in [1.165, 1.54) is 25.7 Å². The van der Waals surface area contributed by atoms with E-state index in [2.05, 4.69) is 13.8 Å². The SMILES string of the molecule is C[C@]12CCCC[C@@H]1CC(=O)[C@H]1[C@H]3CCC(=O)[C@]3(C)CC[C@@H]12. The lowest BCUT2D eigenvalue weighted by Gasteiger charge is -2.58. The highest BCUT2D eigenvalue weighted by Gasteiger charge is 2.62. The zero-order valence-corrected chi connectivity index (χ0v) is 13.5. The molecule has 0 spiro atoms. The van der Waals surface area contributed by atoms with Crippen LogP contribution in [0, 0.1) is 34.5 Å². The molecule has 0 aromatic heterocycles. The molecule has 4 aliphatic carbocycles. The van der Waals surface area contributed by atoms with Crippen molar-refractivity contribution in [2.75, 3.05) is 0 Å². The van der Waals surface area contributed by atoms with Crippen LogP contribution in [0.15, 0.2) is 0 Å². The van der Waals surface area contributed by atoms with Crippen molar-refractivity contribution in [2.45, 2.75) is 71.6 Å². The molecule has 0 amide bonds. The Kier molecular flexibility index (Phi) is 2.94. The van der Waals surface area contributed by atoms with Gasteiger partial charge in [-0.1, -0.05) is 26.7 Å². The zero-order chi connectivity index (χ0) is 14.8. The second-order valence-corrected chi connectivity index (χ2v) is 8.78. The molecule has 21 heavy (non-hydrogen) atoms. The molecule has 0 unspecified atom stereocenters. The fraction of sp³-hybridized carbons (Fsp3) is 0.895. The third-order valence-electron chi connectivity index (χ3n) is 8.10. The fourth-order valence-electron chi connectivity index (χ4n) is 6.74. The highest BCUT2D eigenvalue weighted by Crippen LogP contribution is 2.64. The number of carbonyl (C=O) groups is 2. The topological polar surface area (TPSA) is 34.1 Å². The molecule has 4 saturated carbocycles. The maximum atomic E-state index is 12.9. The molecule has 6 atom stereocenters. The highest BCUT2D eigenvalue weighted by molar-refractivity contribution is 5.90. The summed E-state index contributed by atoms with van der Waals surface area (Å²) in [4.78, 5) is 25.3. The predicted molar refractivity (Wildman–Crippen MR) is 81.7 cm³/mol. The molecule has 116 valence electrons. The molecule has 0 aromatic rings. The summed E-state index contributed by atoms with van der Waals surface area (Å²) in [5.41, 5.74) is 0.207. The van der Waals surface area contributed by atoms with Crippen LogP contribution in [0.25, 0.3) is 0 Å². The van der Waals surface area contributed by atoms with Gasteiger partial charge in [0, 0.05) is 24.2 Å². The van der Waals surface area contributed by atoms with Crippen molar-refractivity contribution in [3.05, 3.63) is 0 Å². The summed E-state index contributed by atoms with van der Waals surface area (Å²) < 4.78 is 0. The molecule has 2 nitrogen and oxygen atoms in total. The average Bonchev–Trinajstić information content (AvgIpc) is 2.76. The summed E-state index contributed by atoms with van der Waals surface area (Å²) in [5, 5.41) is 0. The average molecular weight is 288 g/mol. The van der Waals surface area contributed by atoms with E-state index in [1.807, 2.05) is 0 Å². The highest BCUT2D eigenvalue weighted by atomic mass is 16.1. The standard InChI is InChI=1S/C19H28O2/c1-18-9-4-3-5-12(18)11-15(20)17-13-6-7-16(21)19(13,2)10-8-14(17)18/h12-14,17H,3-11H2,1-2H3/t12-,13-,14+,17+,18+,19-/m1/s1. The van der Waals surface area contributed by atoms with E-state index in [4.69, 9.17) is 0 Å². The first-order valence-electron chi connectivity index (χ1n) is 9.03. The van der Waals surface area contributed by atoms with Crippen LogP contribution < -0.4 is 0 Å². The van der Waals surface area contributed by atoms with E-state index in [0.29, 0.717) is 34.7 Å². The van der Waals surface area contributed by atoms with Crippen molar-refractivity contribution in [3.8, 4) is 0 Å². The lowest BCUT2D eigenvalue weighted by atomic mass is 9.45. The number of hydrogen-bond donors (Lipinski definition) is 0. The molecule has 4 rings (SSSR count). The molecule has 0 radical (unpaired) electrons. The quantitative estimate of drug-likeness (QED) is 0.670. The number of ketones is 2. The molecule has 2 heteroatoms. The van der Waals surface area contributed by atoms with Gasteiger partial charge < -0.3 is 0 Å². The second kappa shape index (κ2) is 4.43. The van der Waals surface area contributed by atoms with E-state index in [9.17, 15) is 9.59 Å². The maximum absolute atomic E-state index is 12.9. The van der Waals surface area contributed by atoms with Crippen LogP contribution in [0.2, 0.25) is 0 Å². The Morgan fingerprint density at radius 2 is 1.76 bits per heavy atom. The number of fused-ring (bicyclic) bond motifs is 5. The third-order valence-corrected chi connectivity index (χ3v) is 8.10. The first-order valence-corrected chi connectivity index (χ1v) is 9.03. The second-order valence-electron chi connectivity index (χ2n) is 8.78. The van der Waals surface area contributed by atoms with E-state index >= 15 is 0 Å². The van der Waals surface area contributed by atoms with Crippen LogP contribution in [0.5, 0.6) is 0 Å². The van der Waals surface area contributed by atoms with Crippen molar-refractivity contribution in [1.82, 2.24) is 0 Å². The summed E-state index contributed by atoms with van der Waals surface area (Å²) in [5.74, 6) is 2.70. The fourth-order valence-corrected chi connectivity index (χ4v) is 6.74. The first kappa shape index (κ1) is 14.0. The number of hydrogen-bond acceptors (Lipinski definition) is 2. The monoisotopic (exact) mass is 288 g/mol. The van der Waals surface area contributed by atoms with Gasteiger partial charge in [-0.05, 0) is 55.3 Å². The summed E-state index contributed by atoms with van der Waals surface area (Å²) in [6, 6.07) is 0. The third kappa shape index (κ3) is 1.71. The minimum atomic E-state index is -0.172. The summed E-state index contributed by atoms with van der Waals surface area (Å²) in [7, 11) is 0. The molecular weight excluding hydrogens is 260 g/mol. The maximum Gasteiger partial charge on any atom is 0.139 e. The summed E-state index contributed by atoms with van der Waals surface area (Å²) in [6.07, 6.45) is 9.86. The van der Waals surface area contributed by atoms with Gasteiger partial charge in [0.15, 0.2) is 0 Å². The summed E-state index contributed by atoms with van der Waals surface area (Å²) >= 11 is 0. The zero-order valence-electron chi connectivity index (χ0n) is 13.5. The first-order chi connectivity index (χ1) is 9.97. The van der Waals surface area contributed by atoms with Crippen LogP contribution in [-0.4, -0.2) is 11.6 Å². The van der Waals surface area contributed by atoms with Crippen LogP contribution in [0.4, 0.5) is 0 Å². The Morgan fingerprint density at radius 1 is 0.952 bits per heavy atom. The van der Waals surface area contributed by atoms with E-state index in [-0.39, 0.29) is 11.3 Å². The lowest BCUT2D eigenvalue weighted by Crippen LogP contribution is -2.56. The number of carbonyl (C=O) groups excluding carboxylic acids is 2. The predicted octanol–water partition coefficient (Wildman–Crippen LogP) is 4.17. The Bertz CT molecular complexity index is 496. The van der Waals surface area contributed by atoms with Gasteiger partial charge in [-0.25, -0.2) is 0 Å². The normalized spacial score (nSPS) is 53.0. The van der Waals surface area contributed by atoms with Crippen molar-refractivity contribution in [3.63, 3.8) is 0 Å². The van der Waals surface area contributed by atoms with Crippen molar-refractivity contribution in [1.29, 1.82) is 0 Å². The molecular formula is C19H28O2. The molecule has 0 aromatic carbocycles. The molecule has 0 aliphatic heterocycles. The largest absolute Gasteiger partial charge is 0.299 e. The lowest BCUT2D eigenvalue weighted by molar-refractivity contribution is -0.156. The van der Waals surface area contributed by atoms with Gasteiger partial charge in [0.1, 0.15) is 11.6 Å². The van der Waals surface area contributed by atoms with Gasteiger partial charge >= 0.3 is 0 Å². The summed E-state index contributed by atoms with van der Waals surface area (Å²) in [6.45, 7) is 4.63. The van der Waals surface area contributed by atoms with Gasteiger partial charge in [0.2, 0.25) is 0 Å². The Hall–Kier alpha value is -0.660. The molecule has 0 N–H and O–H groups in total. The van der Waals surface area contributed by atoms with Crippen LogP contribution in [0.1, 0.15) is 71.6 Å². The molecule has 0 bridgehead atoms. The molecule has 4 aliphatic rings. The Balaban J connectivity index is 1.72. The molecule has 4 fully saturated rings. The van der Waals surface area contributed by atoms with Gasteiger partial charge in [0.25, 0.3) is 0 Å². The molecule has 0 heterocycles. The van der Waals surface area contributed by atoms with Crippen molar-refractivity contribution >= 4 is 11.6 Å². The van der Waals surface area contributed by atoms with E-state index in [1.54, 1.807) is 0 Å². The number of rotatable bonds is 0. The Morgan fingerprint density at radius 3 is 2.57 bits per heavy atom. The van der Waals surface area contributed by atoms with Crippen LogP contribution in [0.3, 0.4) is 0 Å². The van der Waals surface area contributed by atoms with Crippen LogP contribution >= 0.6 is 0 Å². The van der Waals surface area contributed by atoms with Gasteiger partial charge in [-0.15, -0.1) is 0 Å². The smallest absolute Gasteiger partial charge is 0.139 e. The van der Waals surface area contributed by atoms with Crippen molar-refractivity contribution < 1.29 is 9.59 Å². The van der Waals surface area contributed by atoms with Gasteiger partial charge in [-0.3, -0.25) is 9.59 Å². The van der Waals surface area contributed by atoms with E-state index in [0.717, 1.165) is 32.1 Å². The van der Waals surface area contributed by atoms with Crippen LogP contribution in [-0.2, 0) is 9.59 Å². The van der Waals surface area contributed by atoms with Gasteiger partial charge in [0.05, 0.1) is 0 Å².